The summed E-state index contributed by atoms with van der Waals surface area (Å²) in [6.45, 7) is 2.07. The maximum atomic E-state index is 10.9. The topological polar surface area (TPSA) is 74.6 Å². The average molecular weight is 220 g/mol. The highest BCUT2D eigenvalue weighted by Crippen LogP contribution is 2.29. The van der Waals surface area contributed by atoms with E-state index in [1.165, 1.54) is 12.1 Å². The Kier molecular flexibility index (Phi) is 2.42. The number of hydrogen-bond donors (Lipinski definition) is 2. The molecule has 84 valence electrons. The molecule has 0 aromatic heterocycles. The van der Waals surface area contributed by atoms with Gasteiger partial charge in [-0.25, -0.2) is 9.59 Å². The van der Waals surface area contributed by atoms with Crippen LogP contribution in [0.1, 0.15) is 38.8 Å². The molecular formula is C12H12O4. The lowest BCUT2D eigenvalue weighted by molar-refractivity contribution is 0.0651. The molecular weight excluding hydrogens is 208 g/mol. The molecule has 2 rings (SSSR count). The molecule has 1 aromatic rings. The van der Waals surface area contributed by atoms with Crippen LogP contribution in [0.15, 0.2) is 12.1 Å². The Bertz CT molecular complexity index is 433. The van der Waals surface area contributed by atoms with Crippen LogP contribution in [0.2, 0.25) is 0 Å². The van der Waals surface area contributed by atoms with Crippen LogP contribution in [0.3, 0.4) is 0 Å². The van der Waals surface area contributed by atoms with Crippen molar-refractivity contribution in [2.24, 2.45) is 5.92 Å². The number of aromatic carboxylic acids is 2. The molecule has 1 aromatic carbocycles. The van der Waals surface area contributed by atoms with Gasteiger partial charge < -0.3 is 10.2 Å². The SMILES string of the molecule is CC1Cc2cc(C(=O)O)c(C(=O)O)cc2C1. The van der Waals surface area contributed by atoms with Gasteiger partial charge in [0.25, 0.3) is 0 Å². The zero-order valence-corrected chi connectivity index (χ0v) is 8.86. The number of carboxylic acid groups (broad SMARTS) is 2. The summed E-state index contributed by atoms with van der Waals surface area (Å²) in [5.41, 5.74) is 1.71. The fourth-order valence-electron chi connectivity index (χ4n) is 2.25. The van der Waals surface area contributed by atoms with E-state index in [9.17, 15) is 9.59 Å². The summed E-state index contributed by atoms with van der Waals surface area (Å²) in [5, 5.41) is 17.9. The summed E-state index contributed by atoms with van der Waals surface area (Å²) >= 11 is 0. The van der Waals surface area contributed by atoms with Gasteiger partial charge in [-0.3, -0.25) is 0 Å². The second kappa shape index (κ2) is 3.63. The molecule has 0 radical (unpaired) electrons. The number of carboxylic acids is 2. The third-order valence-corrected chi connectivity index (χ3v) is 2.94. The molecule has 1 aliphatic rings. The van der Waals surface area contributed by atoms with E-state index >= 15 is 0 Å². The fraction of sp³-hybridized carbons (Fsp3) is 0.333. The normalized spacial score (nSPS) is 14.8. The fourth-order valence-corrected chi connectivity index (χ4v) is 2.25. The molecule has 2 N–H and O–H groups in total. The molecule has 0 amide bonds. The van der Waals surface area contributed by atoms with E-state index in [-0.39, 0.29) is 11.1 Å². The molecule has 0 saturated carbocycles. The van der Waals surface area contributed by atoms with Gasteiger partial charge in [0.1, 0.15) is 0 Å². The van der Waals surface area contributed by atoms with Crippen LogP contribution in [0.5, 0.6) is 0 Å². The molecule has 0 atom stereocenters. The summed E-state index contributed by atoms with van der Waals surface area (Å²) in [5.74, 6) is -1.90. The highest BCUT2D eigenvalue weighted by Gasteiger charge is 2.24. The summed E-state index contributed by atoms with van der Waals surface area (Å²) in [7, 11) is 0. The predicted molar refractivity (Wildman–Crippen MR) is 56.9 cm³/mol. The van der Waals surface area contributed by atoms with Gasteiger partial charge in [0, 0.05) is 0 Å². The first-order valence-electron chi connectivity index (χ1n) is 5.11. The van der Waals surface area contributed by atoms with Crippen molar-refractivity contribution in [2.75, 3.05) is 0 Å². The summed E-state index contributed by atoms with van der Waals surface area (Å²) in [6, 6.07) is 3.01. The molecule has 0 saturated heterocycles. The van der Waals surface area contributed by atoms with E-state index in [1.54, 1.807) is 0 Å². The van der Waals surface area contributed by atoms with Crippen molar-refractivity contribution in [3.63, 3.8) is 0 Å². The van der Waals surface area contributed by atoms with Gasteiger partial charge in [-0.2, -0.15) is 0 Å². The Balaban J connectivity index is 2.58. The van der Waals surface area contributed by atoms with E-state index in [1.807, 2.05) is 0 Å². The molecule has 16 heavy (non-hydrogen) atoms. The Morgan fingerprint density at radius 1 is 1.06 bits per heavy atom. The quantitative estimate of drug-likeness (QED) is 0.797. The van der Waals surface area contributed by atoms with Crippen molar-refractivity contribution in [3.05, 3.63) is 34.4 Å². The van der Waals surface area contributed by atoms with Gasteiger partial charge in [0.15, 0.2) is 0 Å². The Hall–Kier alpha value is -1.84. The second-order valence-corrected chi connectivity index (χ2v) is 4.29. The van der Waals surface area contributed by atoms with Crippen molar-refractivity contribution in [1.29, 1.82) is 0 Å². The molecule has 0 heterocycles. The minimum absolute atomic E-state index is 0.111. The van der Waals surface area contributed by atoms with E-state index in [0.29, 0.717) is 5.92 Å². The van der Waals surface area contributed by atoms with Gasteiger partial charge in [0.2, 0.25) is 0 Å². The van der Waals surface area contributed by atoms with Gasteiger partial charge in [-0.15, -0.1) is 0 Å². The molecule has 4 heteroatoms. The first-order chi connectivity index (χ1) is 7.49. The molecule has 0 fully saturated rings. The van der Waals surface area contributed by atoms with Crippen LogP contribution in [0, 0.1) is 5.92 Å². The van der Waals surface area contributed by atoms with E-state index in [0.717, 1.165) is 24.0 Å². The lowest BCUT2D eigenvalue weighted by Gasteiger charge is -2.05. The Morgan fingerprint density at radius 3 is 1.75 bits per heavy atom. The molecule has 0 spiro atoms. The van der Waals surface area contributed by atoms with Crippen LogP contribution in [-0.4, -0.2) is 22.2 Å². The van der Waals surface area contributed by atoms with Crippen molar-refractivity contribution in [1.82, 2.24) is 0 Å². The highest BCUT2D eigenvalue weighted by atomic mass is 16.4. The first-order valence-corrected chi connectivity index (χ1v) is 5.11. The number of carbonyl (C=O) groups is 2. The van der Waals surface area contributed by atoms with Crippen LogP contribution >= 0.6 is 0 Å². The minimum Gasteiger partial charge on any atom is -0.478 e. The number of rotatable bonds is 2. The van der Waals surface area contributed by atoms with Crippen LogP contribution in [0.4, 0.5) is 0 Å². The van der Waals surface area contributed by atoms with Gasteiger partial charge in [0.05, 0.1) is 11.1 Å². The highest BCUT2D eigenvalue weighted by molar-refractivity contribution is 6.02. The van der Waals surface area contributed by atoms with Gasteiger partial charge >= 0.3 is 11.9 Å². The standard InChI is InChI=1S/C12H12O4/c1-6-2-7-4-9(11(13)14)10(12(15)16)5-8(7)3-6/h4-6H,2-3H2,1H3,(H,13,14)(H,15,16). The maximum Gasteiger partial charge on any atom is 0.336 e. The van der Waals surface area contributed by atoms with E-state index in [2.05, 4.69) is 6.92 Å². The first kappa shape index (κ1) is 10.7. The van der Waals surface area contributed by atoms with Crippen molar-refractivity contribution >= 4 is 11.9 Å². The predicted octanol–water partition coefficient (Wildman–Crippen LogP) is 1.82. The monoisotopic (exact) mass is 220 g/mol. The zero-order valence-electron chi connectivity index (χ0n) is 8.86. The lowest BCUT2D eigenvalue weighted by atomic mass is 10.00. The second-order valence-electron chi connectivity index (χ2n) is 4.29. The van der Waals surface area contributed by atoms with Crippen LogP contribution in [0.25, 0.3) is 0 Å². The maximum absolute atomic E-state index is 10.9. The summed E-state index contributed by atoms with van der Waals surface area (Å²) in [4.78, 5) is 21.9. The summed E-state index contributed by atoms with van der Waals surface area (Å²) < 4.78 is 0. The average Bonchev–Trinajstić information content (AvgIpc) is 2.54. The smallest absolute Gasteiger partial charge is 0.336 e. The van der Waals surface area contributed by atoms with Crippen LogP contribution < -0.4 is 0 Å². The third-order valence-electron chi connectivity index (χ3n) is 2.94. The molecule has 0 unspecified atom stereocenters. The minimum atomic E-state index is -1.18. The molecule has 0 aliphatic heterocycles. The van der Waals surface area contributed by atoms with Crippen LogP contribution in [-0.2, 0) is 12.8 Å². The van der Waals surface area contributed by atoms with E-state index in [4.69, 9.17) is 10.2 Å². The lowest BCUT2D eigenvalue weighted by Crippen LogP contribution is -2.09. The Labute approximate surface area is 92.5 Å². The number of benzene rings is 1. The largest absolute Gasteiger partial charge is 0.478 e. The number of hydrogen-bond acceptors (Lipinski definition) is 2. The van der Waals surface area contributed by atoms with Gasteiger partial charge in [-0.05, 0) is 42.0 Å². The van der Waals surface area contributed by atoms with E-state index < -0.39 is 11.9 Å². The van der Waals surface area contributed by atoms with Crippen molar-refractivity contribution in [3.8, 4) is 0 Å². The van der Waals surface area contributed by atoms with Gasteiger partial charge in [-0.1, -0.05) is 6.92 Å². The Morgan fingerprint density at radius 2 is 1.44 bits per heavy atom. The van der Waals surface area contributed by atoms with Crippen molar-refractivity contribution in [2.45, 2.75) is 19.8 Å². The van der Waals surface area contributed by atoms with Crippen molar-refractivity contribution < 1.29 is 19.8 Å². The molecule has 0 bridgehead atoms. The molecule has 4 nitrogen and oxygen atoms in total. The summed E-state index contributed by atoms with van der Waals surface area (Å²) in [6.07, 6.45) is 1.66. The zero-order chi connectivity index (χ0) is 11.9. The number of fused-ring (bicyclic) bond motifs is 1. The molecule has 1 aliphatic carbocycles. The third kappa shape index (κ3) is 1.66.